The number of hydrogen-bond donors (Lipinski definition) is 2. The van der Waals surface area contributed by atoms with Gasteiger partial charge in [-0.25, -0.2) is 4.98 Å². The van der Waals surface area contributed by atoms with E-state index < -0.39 is 0 Å². The van der Waals surface area contributed by atoms with Gasteiger partial charge >= 0.3 is 0 Å². The number of carbonyl (C=O) groups excluding carboxylic acids is 1. The lowest BCUT2D eigenvalue weighted by atomic mass is 10.1. The zero-order chi connectivity index (χ0) is 21.8. The van der Waals surface area contributed by atoms with Crippen LogP contribution in [0.1, 0.15) is 27.9 Å². The van der Waals surface area contributed by atoms with E-state index in [1.807, 2.05) is 29.2 Å². The molecule has 8 heteroatoms. The molecular weight excluding hydrogens is 435 g/mol. The minimum absolute atomic E-state index is 0.276. The Morgan fingerprint density at radius 3 is 2.45 bits per heavy atom. The summed E-state index contributed by atoms with van der Waals surface area (Å²) in [4.78, 5) is 18.9. The van der Waals surface area contributed by atoms with Crippen molar-refractivity contribution >= 4 is 40.8 Å². The van der Waals surface area contributed by atoms with Gasteiger partial charge in [0.25, 0.3) is 5.91 Å². The quantitative estimate of drug-likeness (QED) is 0.393. The first kappa shape index (κ1) is 21.2. The minimum Gasteiger partial charge on any atom is -0.488 e. The third-order valence-electron chi connectivity index (χ3n) is 4.95. The average Bonchev–Trinajstić information content (AvgIpc) is 2.73. The van der Waals surface area contributed by atoms with Gasteiger partial charge in [0.2, 0.25) is 0 Å². The predicted molar refractivity (Wildman–Crippen MR) is 122 cm³/mol. The molecule has 0 unspecified atom stereocenters. The van der Waals surface area contributed by atoms with Crippen LogP contribution in [-0.2, 0) is 6.61 Å². The first-order chi connectivity index (χ1) is 15.0. The summed E-state index contributed by atoms with van der Waals surface area (Å²) in [6.45, 7) is 2.16. The first-order valence-corrected chi connectivity index (χ1v) is 10.5. The molecule has 0 bridgehead atoms. The van der Waals surface area contributed by atoms with E-state index in [1.54, 1.807) is 30.3 Å². The number of nitrogens with one attached hydrogen (secondary N) is 2. The highest BCUT2D eigenvalue weighted by Gasteiger charge is 2.18. The normalized spacial score (nSPS) is 12.8. The summed E-state index contributed by atoms with van der Waals surface area (Å²) in [5.74, 6) is 0.950. The number of hydrogen-bond acceptors (Lipinski definition) is 4. The SMILES string of the molecule is N=C(c1ccc(COc2ccc(Cl)cc2C(=O)Nc2ccc(Cl)cn2)cc1)N1CCC1. The number of rotatable bonds is 6. The van der Waals surface area contributed by atoms with Gasteiger partial charge in [0, 0.05) is 29.9 Å². The Hall–Kier alpha value is -3.09. The molecule has 0 aliphatic carbocycles. The van der Waals surface area contributed by atoms with E-state index in [0.717, 1.165) is 30.6 Å². The zero-order valence-corrected chi connectivity index (χ0v) is 18.1. The van der Waals surface area contributed by atoms with E-state index in [1.165, 1.54) is 6.20 Å². The number of halogens is 2. The number of likely N-dealkylation sites (tertiary alicyclic amines) is 1. The third kappa shape index (κ3) is 5.16. The molecule has 0 saturated carbocycles. The Balaban J connectivity index is 1.44. The average molecular weight is 455 g/mol. The summed E-state index contributed by atoms with van der Waals surface area (Å²) in [6.07, 6.45) is 2.59. The Morgan fingerprint density at radius 1 is 1.06 bits per heavy atom. The maximum atomic E-state index is 12.7. The molecule has 1 aromatic heterocycles. The molecule has 1 aliphatic rings. The maximum Gasteiger partial charge on any atom is 0.260 e. The molecule has 1 aliphatic heterocycles. The summed E-state index contributed by atoms with van der Waals surface area (Å²) in [5, 5.41) is 11.8. The van der Waals surface area contributed by atoms with Crippen LogP contribution < -0.4 is 10.1 Å². The Kier molecular flexibility index (Phi) is 6.39. The van der Waals surface area contributed by atoms with Crippen LogP contribution in [0.2, 0.25) is 10.0 Å². The number of ether oxygens (including phenoxy) is 1. The molecule has 31 heavy (non-hydrogen) atoms. The molecule has 4 rings (SSSR count). The van der Waals surface area contributed by atoms with Crippen molar-refractivity contribution in [1.82, 2.24) is 9.88 Å². The van der Waals surface area contributed by atoms with Gasteiger partial charge in [-0.15, -0.1) is 0 Å². The number of aromatic nitrogens is 1. The second-order valence-electron chi connectivity index (χ2n) is 7.13. The Morgan fingerprint density at radius 2 is 1.81 bits per heavy atom. The van der Waals surface area contributed by atoms with Crippen molar-refractivity contribution in [3.63, 3.8) is 0 Å². The second-order valence-corrected chi connectivity index (χ2v) is 8.00. The van der Waals surface area contributed by atoms with Gasteiger partial charge in [0.1, 0.15) is 24.0 Å². The lowest BCUT2D eigenvalue weighted by Gasteiger charge is -2.33. The molecule has 0 atom stereocenters. The minimum atomic E-state index is -0.384. The molecular formula is C23H20Cl2N4O2. The largest absolute Gasteiger partial charge is 0.488 e. The number of amides is 1. The lowest BCUT2D eigenvalue weighted by molar-refractivity contribution is 0.102. The molecule has 6 nitrogen and oxygen atoms in total. The Labute approximate surface area is 190 Å². The Bertz CT molecular complexity index is 1100. The summed E-state index contributed by atoms with van der Waals surface area (Å²) >= 11 is 11.9. The van der Waals surface area contributed by atoms with Gasteiger partial charge in [-0.2, -0.15) is 0 Å². The number of carbonyl (C=O) groups is 1. The van der Waals surface area contributed by atoms with Gasteiger partial charge in [-0.1, -0.05) is 47.5 Å². The molecule has 2 heterocycles. The number of nitrogens with zero attached hydrogens (tertiary/aromatic N) is 2. The number of pyridine rings is 1. The van der Waals surface area contributed by atoms with Crippen LogP contribution in [0.4, 0.5) is 5.82 Å². The van der Waals surface area contributed by atoms with E-state index in [2.05, 4.69) is 10.3 Å². The molecule has 0 spiro atoms. The van der Waals surface area contributed by atoms with Crippen molar-refractivity contribution in [2.24, 2.45) is 0 Å². The van der Waals surface area contributed by atoms with Crippen molar-refractivity contribution in [2.75, 3.05) is 18.4 Å². The highest BCUT2D eigenvalue weighted by atomic mass is 35.5. The third-order valence-corrected chi connectivity index (χ3v) is 5.41. The van der Waals surface area contributed by atoms with Crippen LogP contribution in [0.25, 0.3) is 0 Å². The van der Waals surface area contributed by atoms with E-state index in [4.69, 9.17) is 33.3 Å². The van der Waals surface area contributed by atoms with Crippen LogP contribution in [-0.4, -0.2) is 34.7 Å². The van der Waals surface area contributed by atoms with E-state index >= 15 is 0 Å². The first-order valence-electron chi connectivity index (χ1n) is 9.78. The van der Waals surface area contributed by atoms with Crippen LogP contribution in [0.5, 0.6) is 5.75 Å². The van der Waals surface area contributed by atoms with Crippen LogP contribution in [0, 0.1) is 5.41 Å². The molecule has 1 amide bonds. The summed E-state index contributed by atoms with van der Waals surface area (Å²) in [5.41, 5.74) is 2.12. The van der Waals surface area contributed by atoms with Crippen LogP contribution in [0.15, 0.2) is 60.8 Å². The number of benzene rings is 2. The maximum absolute atomic E-state index is 12.7. The van der Waals surface area contributed by atoms with Gasteiger partial charge in [-0.3, -0.25) is 10.2 Å². The lowest BCUT2D eigenvalue weighted by Crippen LogP contribution is -2.42. The van der Waals surface area contributed by atoms with Crippen LogP contribution >= 0.6 is 23.2 Å². The molecule has 0 radical (unpaired) electrons. The zero-order valence-electron chi connectivity index (χ0n) is 16.6. The van der Waals surface area contributed by atoms with Gasteiger partial charge in [0.05, 0.1) is 10.6 Å². The van der Waals surface area contributed by atoms with Gasteiger partial charge in [0.15, 0.2) is 0 Å². The second kappa shape index (κ2) is 9.37. The summed E-state index contributed by atoms with van der Waals surface area (Å²) in [7, 11) is 0. The van der Waals surface area contributed by atoms with Crippen molar-refractivity contribution in [3.8, 4) is 5.75 Å². The van der Waals surface area contributed by atoms with Gasteiger partial charge in [-0.05, 0) is 42.3 Å². The molecule has 2 aromatic carbocycles. The van der Waals surface area contributed by atoms with Crippen molar-refractivity contribution in [2.45, 2.75) is 13.0 Å². The molecule has 1 fully saturated rings. The summed E-state index contributed by atoms with van der Waals surface area (Å²) in [6, 6.07) is 15.8. The highest BCUT2D eigenvalue weighted by molar-refractivity contribution is 6.31. The molecule has 2 N–H and O–H groups in total. The van der Waals surface area contributed by atoms with E-state index in [0.29, 0.717) is 33.0 Å². The number of anilines is 1. The fraction of sp³-hybridized carbons (Fsp3) is 0.174. The van der Waals surface area contributed by atoms with Crippen molar-refractivity contribution in [3.05, 3.63) is 87.5 Å². The molecule has 158 valence electrons. The van der Waals surface area contributed by atoms with E-state index in [-0.39, 0.29) is 12.5 Å². The van der Waals surface area contributed by atoms with Crippen LogP contribution in [0.3, 0.4) is 0 Å². The smallest absolute Gasteiger partial charge is 0.260 e. The topological polar surface area (TPSA) is 78.3 Å². The predicted octanol–water partition coefficient (Wildman–Crippen LogP) is 5.25. The van der Waals surface area contributed by atoms with E-state index in [9.17, 15) is 4.79 Å². The molecule has 1 saturated heterocycles. The molecule has 3 aromatic rings. The van der Waals surface area contributed by atoms with Crippen molar-refractivity contribution in [1.29, 1.82) is 5.41 Å². The fourth-order valence-corrected chi connectivity index (χ4v) is 3.37. The standard InChI is InChI=1S/C23H20Cl2N4O2/c24-17-6-8-20(19(12-17)23(30)28-21-9-7-18(25)13-27-21)31-14-15-2-4-16(5-3-15)22(26)29-10-1-11-29/h2-9,12-13,26H,1,10-11,14H2,(H,27,28,30). The summed E-state index contributed by atoms with van der Waals surface area (Å²) < 4.78 is 5.91. The number of amidine groups is 1. The monoisotopic (exact) mass is 454 g/mol. The highest BCUT2D eigenvalue weighted by Crippen LogP contribution is 2.25. The van der Waals surface area contributed by atoms with Crippen molar-refractivity contribution < 1.29 is 9.53 Å². The fourth-order valence-electron chi connectivity index (χ4n) is 3.08. The van der Waals surface area contributed by atoms with Gasteiger partial charge < -0.3 is 15.0 Å².